The Kier molecular flexibility index (Phi) is 3.37. The highest BCUT2D eigenvalue weighted by molar-refractivity contribution is 7.98. The lowest BCUT2D eigenvalue weighted by atomic mass is 10.3. The van der Waals surface area contributed by atoms with Gasteiger partial charge >= 0.3 is 0 Å². The van der Waals surface area contributed by atoms with Gasteiger partial charge < -0.3 is 10.5 Å². The van der Waals surface area contributed by atoms with Crippen LogP contribution in [-0.2, 0) is 6.54 Å². The molecule has 0 fully saturated rings. The summed E-state index contributed by atoms with van der Waals surface area (Å²) < 4.78 is 4.98. The highest BCUT2D eigenvalue weighted by Gasteiger charge is 2.02. The van der Waals surface area contributed by atoms with E-state index in [1.807, 2.05) is 18.4 Å². The first kappa shape index (κ1) is 9.35. The molecule has 0 saturated heterocycles. The Balaban J connectivity index is 3.02. The predicted octanol–water partition coefficient (Wildman–Crippen LogP) is 1.27. The van der Waals surface area contributed by atoms with Crippen LogP contribution in [-0.4, -0.2) is 18.3 Å². The van der Waals surface area contributed by atoms with Gasteiger partial charge in [0.05, 0.1) is 12.8 Å². The molecular weight excluding hydrogens is 172 g/mol. The minimum Gasteiger partial charge on any atom is -0.481 e. The van der Waals surface area contributed by atoms with E-state index in [-0.39, 0.29) is 0 Å². The van der Waals surface area contributed by atoms with Gasteiger partial charge in [-0.1, -0.05) is 0 Å². The number of aromatic nitrogens is 1. The van der Waals surface area contributed by atoms with Gasteiger partial charge in [0.15, 0.2) is 0 Å². The summed E-state index contributed by atoms with van der Waals surface area (Å²) in [6.07, 6.45) is 2.00. The Morgan fingerprint density at radius 1 is 1.58 bits per heavy atom. The highest BCUT2D eigenvalue weighted by Crippen LogP contribution is 2.20. The van der Waals surface area contributed by atoms with E-state index < -0.39 is 0 Å². The fourth-order valence-corrected chi connectivity index (χ4v) is 1.48. The second kappa shape index (κ2) is 4.33. The number of nitrogens with zero attached hydrogens (tertiary/aromatic N) is 1. The van der Waals surface area contributed by atoms with Crippen molar-refractivity contribution in [1.29, 1.82) is 0 Å². The maximum atomic E-state index is 5.52. The Bertz CT molecular complexity index is 265. The van der Waals surface area contributed by atoms with E-state index >= 15 is 0 Å². The Morgan fingerprint density at radius 3 is 2.83 bits per heavy atom. The monoisotopic (exact) mass is 184 g/mol. The average molecular weight is 184 g/mol. The van der Waals surface area contributed by atoms with Crippen molar-refractivity contribution in [2.75, 3.05) is 13.4 Å². The summed E-state index contributed by atoms with van der Waals surface area (Å²) in [4.78, 5) is 5.32. The predicted molar refractivity (Wildman–Crippen MR) is 50.5 cm³/mol. The summed E-state index contributed by atoms with van der Waals surface area (Å²) in [7, 11) is 1.60. The van der Waals surface area contributed by atoms with Crippen LogP contribution in [0.15, 0.2) is 17.0 Å². The standard InChI is InChI=1S/C8H12N2OS/c1-11-8-4-3-7(12-2)6(5-9)10-8/h3-4H,5,9H2,1-2H3. The van der Waals surface area contributed by atoms with E-state index in [9.17, 15) is 0 Å². The van der Waals surface area contributed by atoms with Gasteiger partial charge in [0.25, 0.3) is 0 Å². The number of methoxy groups -OCH3 is 1. The zero-order valence-electron chi connectivity index (χ0n) is 7.20. The first-order chi connectivity index (χ1) is 5.81. The zero-order valence-corrected chi connectivity index (χ0v) is 8.02. The third-order valence-corrected chi connectivity index (χ3v) is 2.34. The van der Waals surface area contributed by atoms with Crippen LogP contribution in [0.2, 0.25) is 0 Å². The van der Waals surface area contributed by atoms with Gasteiger partial charge in [0.2, 0.25) is 5.88 Å². The molecule has 0 aliphatic heterocycles. The molecule has 0 bridgehead atoms. The summed E-state index contributed by atoms with van der Waals surface area (Å²) in [5.74, 6) is 0.619. The summed E-state index contributed by atoms with van der Waals surface area (Å²) in [5, 5.41) is 0. The third-order valence-electron chi connectivity index (χ3n) is 1.53. The Morgan fingerprint density at radius 2 is 2.33 bits per heavy atom. The molecule has 3 nitrogen and oxygen atoms in total. The molecule has 0 unspecified atom stereocenters. The van der Waals surface area contributed by atoms with Crippen molar-refractivity contribution in [2.45, 2.75) is 11.4 Å². The van der Waals surface area contributed by atoms with Crippen molar-refractivity contribution in [3.63, 3.8) is 0 Å². The van der Waals surface area contributed by atoms with Gasteiger partial charge in [0.1, 0.15) is 0 Å². The van der Waals surface area contributed by atoms with Crippen molar-refractivity contribution in [2.24, 2.45) is 5.73 Å². The molecule has 0 aromatic carbocycles. The van der Waals surface area contributed by atoms with E-state index in [2.05, 4.69) is 4.98 Å². The van der Waals surface area contributed by atoms with Gasteiger partial charge in [0, 0.05) is 17.5 Å². The van der Waals surface area contributed by atoms with Crippen LogP contribution in [0.1, 0.15) is 5.69 Å². The first-order valence-corrected chi connectivity index (χ1v) is 4.82. The summed E-state index contributed by atoms with van der Waals surface area (Å²) in [6, 6.07) is 3.81. The largest absolute Gasteiger partial charge is 0.481 e. The molecule has 1 rings (SSSR count). The average Bonchev–Trinajstić information content (AvgIpc) is 2.16. The molecule has 66 valence electrons. The molecule has 1 aromatic rings. The molecule has 0 saturated carbocycles. The fraction of sp³-hybridized carbons (Fsp3) is 0.375. The Hall–Kier alpha value is -0.740. The fourth-order valence-electron chi connectivity index (χ4n) is 0.914. The van der Waals surface area contributed by atoms with Crippen LogP contribution >= 0.6 is 11.8 Å². The number of hydrogen-bond acceptors (Lipinski definition) is 4. The van der Waals surface area contributed by atoms with Crippen LogP contribution < -0.4 is 10.5 Å². The van der Waals surface area contributed by atoms with Gasteiger partial charge in [-0.15, -0.1) is 11.8 Å². The molecule has 12 heavy (non-hydrogen) atoms. The molecule has 2 N–H and O–H groups in total. The van der Waals surface area contributed by atoms with Crippen LogP contribution in [0, 0.1) is 0 Å². The molecule has 0 atom stereocenters. The molecule has 1 aromatic heterocycles. The molecule has 4 heteroatoms. The lowest BCUT2D eigenvalue weighted by Gasteiger charge is -2.05. The number of thioether (sulfide) groups is 1. The maximum absolute atomic E-state index is 5.52. The SMILES string of the molecule is COc1ccc(SC)c(CN)n1. The van der Waals surface area contributed by atoms with Gasteiger partial charge in [-0.3, -0.25) is 0 Å². The van der Waals surface area contributed by atoms with E-state index in [1.165, 1.54) is 0 Å². The van der Waals surface area contributed by atoms with Crippen molar-refractivity contribution in [3.8, 4) is 5.88 Å². The van der Waals surface area contributed by atoms with Crippen molar-refractivity contribution in [3.05, 3.63) is 17.8 Å². The van der Waals surface area contributed by atoms with Crippen LogP contribution in [0.5, 0.6) is 5.88 Å². The van der Waals surface area contributed by atoms with E-state index in [0.29, 0.717) is 12.4 Å². The summed E-state index contributed by atoms with van der Waals surface area (Å²) >= 11 is 1.64. The third kappa shape index (κ3) is 1.89. The minimum atomic E-state index is 0.452. The van der Waals surface area contributed by atoms with Crippen LogP contribution in [0.4, 0.5) is 0 Å². The molecule has 0 amide bonds. The van der Waals surface area contributed by atoms with Crippen molar-refractivity contribution >= 4 is 11.8 Å². The van der Waals surface area contributed by atoms with Crippen LogP contribution in [0.3, 0.4) is 0 Å². The van der Waals surface area contributed by atoms with E-state index in [1.54, 1.807) is 18.9 Å². The van der Waals surface area contributed by atoms with Crippen LogP contribution in [0.25, 0.3) is 0 Å². The first-order valence-electron chi connectivity index (χ1n) is 3.59. The number of ether oxygens (including phenoxy) is 1. The molecule has 0 radical (unpaired) electrons. The van der Waals surface area contributed by atoms with Gasteiger partial charge in [-0.2, -0.15) is 0 Å². The minimum absolute atomic E-state index is 0.452. The highest BCUT2D eigenvalue weighted by atomic mass is 32.2. The van der Waals surface area contributed by atoms with Crippen molar-refractivity contribution in [1.82, 2.24) is 4.98 Å². The number of hydrogen-bond donors (Lipinski definition) is 1. The molecular formula is C8H12N2OS. The molecule has 0 spiro atoms. The molecule has 1 heterocycles. The number of rotatable bonds is 3. The zero-order chi connectivity index (χ0) is 8.97. The topological polar surface area (TPSA) is 48.1 Å². The van der Waals surface area contributed by atoms with E-state index in [4.69, 9.17) is 10.5 Å². The van der Waals surface area contributed by atoms with Gasteiger partial charge in [-0.05, 0) is 12.3 Å². The van der Waals surface area contributed by atoms with Crippen molar-refractivity contribution < 1.29 is 4.74 Å². The second-order valence-corrected chi connectivity index (χ2v) is 3.05. The lowest BCUT2D eigenvalue weighted by molar-refractivity contribution is 0.395. The number of pyridine rings is 1. The quantitative estimate of drug-likeness (QED) is 0.719. The smallest absolute Gasteiger partial charge is 0.213 e. The maximum Gasteiger partial charge on any atom is 0.213 e. The second-order valence-electron chi connectivity index (χ2n) is 2.21. The summed E-state index contributed by atoms with van der Waals surface area (Å²) in [6.45, 7) is 0.452. The summed E-state index contributed by atoms with van der Waals surface area (Å²) in [5.41, 5.74) is 6.41. The number of nitrogens with two attached hydrogens (primary N) is 1. The van der Waals surface area contributed by atoms with Gasteiger partial charge in [-0.25, -0.2) is 4.98 Å². The molecule has 0 aliphatic carbocycles. The van der Waals surface area contributed by atoms with E-state index in [0.717, 1.165) is 10.6 Å². The molecule has 0 aliphatic rings. The Labute approximate surface area is 76.3 Å². The lowest BCUT2D eigenvalue weighted by Crippen LogP contribution is -2.02. The normalized spacial score (nSPS) is 9.92.